The Balaban J connectivity index is 0.649. The second-order valence-electron chi connectivity index (χ2n) is 17.8. The SMILES string of the molecule is O=C1CC[C@H](N2C(=O)c3ccc(NCC(=O)N4CCC(CN5CCN(c6ccc(Nc7ncnc8c7ncn8C7CC(NC(=O)c8c(Cl)cccc8Cl)C7)cc6)CC5)CC4)cc3C2=O)C(=O)N1. The zero-order chi connectivity index (χ0) is 46.3. The molecule has 18 nitrogen and oxygen atoms in total. The third kappa shape index (κ3) is 9.00. The number of nitrogens with zero attached hydrogens (tertiary/aromatic N) is 8. The summed E-state index contributed by atoms with van der Waals surface area (Å²) >= 11 is 12.5. The van der Waals surface area contributed by atoms with E-state index in [-0.39, 0.29) is 60.0 Å². The van der Waals surface area contributed by atoms with E-state index in [4.69, 9.17) is 23.2 Å². The molecular formula is C47H48Cl2N12O6. The second-order valence-corrected chi connectivity index (χ2v) is 18.6. The molecule has 3 saturated heterocycles. The zero-order valence-corrected chi connectivity index (χ0v) is 37.9. The molecule has 0 spiro atoms. The lowest BCUT2D eigenvalue weighted by atomic mass is 9.86. The molecule has 6 amide bonds. The molecule has 2 aromatic heterocycles. The maximum absolute atomic E-state index is 13.2. The lowest BCUT2D eigenvalue weighted by Crippen LogP contribution is -2.54. The summed E-state index contributed by atoms with van der Waals surface area (Å²) in [7, 11) is 0. The number of hydrogen-bond acceptors (Lipinski definition) is 13. The van der Waals surface area contributed by atoms with Crippen molar-refractivity contribution in [1.82, 2.24) is 44.9 Å². The average Bonchev–Trinajstić information content (AvgIpc) is 3.85. The molecule has 4 fully saturated rings. The summed E-state index contributed by atoms with van der Waals surface area (Å²) < 4.78 is 2.04. The largest absolute Gasteiger partial charge is 0.376 e. The zero-order valence-electron chi connectivity index (χ0n) is 36.4. The van der Waals surface area contributed by atoms with E-state index in [0.29, 0.717) is 46.1 Å². The number of carbonyl (C=O) groups is 6. The van der Waals surface area contributed by atoms with Crippen LogP contribution in [0.15, 0.2) is 73.3 Å². The first-order chi connectivity index (χ1) is 32.5. The fourth-order valence-electron chi connectivity index (χ4n) is 9.80. The van der Waals surface area contributed by atoms with Crippen molar-refractivity contribution < 1.29 is 28.8 Å². The van der Waals surface area contributed by atoms with Gasteiger partial charge in [-0.15, -0.1) is 0 Å². The van der Waals surface area contributed by atoms with Crippen LogP contribution in [0, 0.1) is 5.92 Å². The highest BCUT2D eigenvalue weighted by Crippen LogP contribution is 2.37. The number of halogens is 2. The topological polar surface area (TPSA) is 207 Å². The fourth-order valence-corrected chi connectivity index (χ4v) is 10.4. The van der Waals surface area contributed by atoms with Crippen LogP contribution in [0.2, 0.25) is 10.0 Å². The maximum Gasteiger partial charge on any atom is 0.262 e. The third-order valence-corrected chi connectivity index (χ3v) is 14.3. The molecule has 6 heterocycles. The number of imide groups is 2. The van der Waals surface area contributed by atoms with Gasteiger partial charge < -0.3 is 30.3 Å². The quantitative estimate of drug-likeness (QED) is 0.123. The summed E-state index contributed by atoms with van der Waals surface area (Å²) in [6.45, 7) is 6.13. The van der Waals surface area contributed by atoms with Crippen molar-refractivity contribution >= 4 is 92.7 Å². The lowest BCUT2D eigenvalue weighted by Gasteiger charge is -2.39. The Bertz CT molecular complexity index is 2760. The van der Waals surface area contributed by atoms with Crippen molar-refractivity contribution in [2.75, 3.05) is 67.9 Å². The van der Waals surface area contributed by atoms with Gasteiger partial charge in [0, 0.05) is 81.4 Å². The molecule has 0 radical (unpaired) electrons. The van der Waals surface area contributed by atoms with E-state index in [0.717, 1.165) is 80.3 Å². The van der Waals surface area contributed by atoms with Gasteiger partial charge in [0.2, 0.25) is 17.7 Å². The Hall–Kier alpha value is -6.63. The summed E-state index contributed by atoms with van der Waals surface area (Å²) in [6, 6.07) is 17.2. The van der Waals surface area contributed by atoms with Crippen molar-refractivity contribution in [2.45, 2.75) is 56.7 Å². The van der Waals surface area contributed by atoms with E-state index in [9.17, 15) is 28.8 Å². The van der Waals surface area contributed by atoms with E-state index < -0.39 is 29.7 Å². The number of piperidine rings is 2. The number of aromatic nitrogens is 4. The number of piperazine rings is 1. The third-order valence-electron chi connectivity index (χ3n) is 13.6. The van der Waals surface area contributed by atoms with Crippen molar-refractivity contribution in [3.63, 3.8) is 0 Å². The second kappa shape index (κ2) is 18.6. The highest BCUT2D eigenvalue weighted by Gasteiger charge is 2.45. The van der Waals surface area contributed by atoms with E-state index in [2.05, 4.69) is 70.3 Å². The van der Waals surface area contributed by atoms with E-state index in [1.165, 1.54) is 12.4 Å². The van der Waals surface area contributed by atoms with E-state index >= 15 is 0 Å². The van der Waals surface area contributed by atoms with Gasteiger partial charge >= 0.3 is 0 Å². The number of benzene rings is 3. The van der Waals surface area contributed by atoms with Crippen molar-refractivity contribution in [2.24, 2.45) is 5.92 Å². The number of nitrogens with one attached hydrogen (secondary N) is 4. The van der Waals surface area contributed by atoms with Gasteiger partial charge in [0.15, 0.2) is 17.0 Å². The van der Waals surface area contributed by atoms with Gasteiger partial charge in [0.05, 0.1) is 39.6 Å². The Morgan fingerprint density at radius 1 is 0.791 bits per heavy atom. The molecule has 3 aromatic carbocycles. The first-order valence-electron chi connectivity index (χ1n) is 22.6. The average molecular weight is 948 g/mol. The van der Waals surface area contributed by atoms with Gasteiger partial charge in [-0.25, -0.2) is 15.0 Å². The highest BCUT2D eigenvalue weighted by molar-refractivity contribution is 6.39. The molecule has 4 aliphatic heterocycles. The van der Waals surface area contributed by atoms with Crippen LogP contribution in [0.1, 0.15) is 75.6 Å². The van der Waals surface area contributed by atoms with E-state index in [1.54, 1.807) is 36.7 Å². The molecule has 10 rings (SSSR count). The van der Waals surface area contributed by atoms with E-state index in [1.807, 2.05) is 9.47 Å². The van der Waals surface area contributed by atoms with Crippen LogP contribution in [0.3, 0.4) is 0 Å². The number of rotatable bonds is 12. The number of carbonyl (C=O) groups excluding carboxylic acids is 6. The summed E-state index contributed by atoms with van der Waals surface area (Å²) in [6.07, 6.45) is 6.75. The van der Waals surface area contributed by atoms with Crippen LogP contribution in [0.4, 0.5) is 22.9 Å². The van der Waals surface area contributed by atoms with Gasteiger partial charge in [-0.1, -0.05) is 29.3 Å². The minimum Gasteiger partial charge on any atom is -0.376 e. The molecule has 1 atom stereocenters. The molecule has 5 aliphatic rings. The van der Waals surface area contributed by atoms with Gasteiger partial charge in [-0.3, -0.25) is 43.9 Å². The van der Waals surface area contributed by atoms with Crippen LogP contribution in [-0.4, -0.2) is 134 Å². The van der Waals surface area contributed by atoms with Gasteiger partial charge in [-0.05, 0) is 92.6 Å². The fraction of sp³-hybridized carbons (Fsp3) is 0.383. The summed E-state index contributed by atoms with van der Waals surface area (Å²) in [5.74, 6) is -1.44. The number of likely N-dealkylation sites (tertiary alicyclic amines) is 1. The summed E-state index contributed by atoms with van der Waals surface area (Å²) in [5, 5.41) is 12.4. The molecule has 1 aliphatic carbocycles. The molecule has 0 unspecified atom stereocenters. The summed E-state index contributed by atoms with van der Waals surface area (Å²) in [4.78, 5) is 97.8. The van der Waals surface area contributed by atoms with Crippen molar-refractivity contribution in [3.05, 3.63) is 100 Å². The Morgan fingerprint density at radius 2 is 1.51 bits per heavy atom. The van der Waals surface area contributed by atoms with Crippen molar-refractivity contribution in [1.29, 1.82) is 0 Å². The molecule has 346 valence electrons. The molecule has 0 bridgehead atoms. The minimum absolute atomic E-state index is 0.0231. The first-order valence-corrected chi connectivity index (χ1v) is 23.4. The van der Waals surface area contributed by atoms with Gasteiger partial charge in [0.1, 0.15) is 12.4 Å². The molecule has 1 saturated carbocycles. The Labute approximate surface area is 395 Å². The standard InChI is InChI=1S/C47H48Cl2N12O6/c48-35-2-1-3-36(49)40(35)45(65)55-30-20-32(21-30)60-26-53-41-42(51-25-52-43(41)60)54-28-4-7-31(8-5-28)58-18-16-57(17-19-58)24-27-12-14-59(15-13-27)39(63)23-50-29-6-9-33-34(22-29)47(67)61(46(33)66)37-10-11-38(62)56-44(37)64/h1-9,22,25-27,30,32,37,50H,10-21,23-24H2,(H,55,65)(H,51,52,54)(H,56,62,64)/t30?,32?,37-/m0/s1. The number of imidazole rings is 1. The van der Waals surface area contributed by atoms with Gasteiger partial charge in [0.25, 0.3) is 17.7 Å². The molecule has 4 N–H and O–H groups in total. The predicted octanol–water partition coefficient (Wildman–Crippen LogP) is 4.88. The first kappa shape index (κ1) is 44.2. The molecule has 67 heavy (non-hydrogen) atoms. The van der Waals surface area contributed by atoms with Crippen molar-refractivity contribution in [3.8, 4) is 0 Å². The van der Waals surface area contributed by atoms with Crippen LogP contribution in [0.25, 0.3) is 11.2 Å². The Kier molecular flexibility index (Phi) is 12.3. The summed E-state index contributed by atoms with van der Waals surface area (Å²) in [5.41, 5.74) is 4.61. The predicted molar refractivity (Wildman–Crippen MR) is 251 cm³/mol. The van der Waals surface area contributed by atoms with Crippen LogP contribution >= 0.6 is 23.2 Å². The Morgan fingerprint density at radius 3 is 2.24 bits per heavy atom. The number of fused-ring (bicyclic) bond motifs is 2. The number of hydrogen-bond donors (Lipinski definition) is 4. The molecule has 20 heteroatoms. The number of amides is 6. The molecular weight excluding hydrogens is 900 g/mol. The smallest absolute Gasteiger partial charge is 0.262 e. The van der Waals surface area contributed by atoms with Crippen LogP contribution in [0.5, 0.6) is 0 Å². The normalized spacial score (nSPS) is 21.3. The minimum atomic E-state index is -1.03. The maximum atomic E-state index is 13.2. The number of anilines is 4. The highest BCUT2D eigenvalue weighted by atomic mass is 35.5. The lowest BCUT2D eigenvalue weighted by molar-refractivity contribution is -0.136. The monoisotopic (exact) mass is 946 g/mol. The van der Waals surface area contributed by atoms with Crippen LogP contribution in [-0.2, 0) is 14.4 Å². The van der Waals surface area contributed by atoms with Gasteiger partial charge in [-0.2, -0.15) is 0 Å². The van der Waals surface area contributed by atoms with Crippen LogP contribution < -0.4 is 26.2 Å². The molecule has 5 aromatic rings.